The number of ether oxygens (including phenoxy) is 2. The van der Waals surface area contributed by atoms with Crippen LogP contribution in [0.5, 0.6) is 11.5 Å². The first-order valence-electron chi connectivity index (χ1n) is 9.93. The van der Waals surface area contributed by atoms with Crippen molar-refractivity contribution >= 4 is 28.6 Å². The minimum Gasteiger partial charge on any atom is -0.457 e. The molecule has 0 fully saturated rings. The highest BCUT2D eigenvalue weighted by Crippen LogP contribution is 2.44. The van der Waals surface area contributed by atoms with Crippen LogP contribution in [0.15, 0.2) is 66.7 Å². The largest absolute Gasteiger partial charge is 0.457 e. The van der Waals surface area contributed by atoms with Crippen molar-refractivity contribution in [1.29, 1.82) is 0 Å². The Kier molecular flexibility index (Phi) is 5.10. The third-order valence-corrected chi connectivity index (χ3v) is 5.61. The van der Waals surface area contributed by atoms with Crippen LogP contribution < -0.4 is 4.74 Å². The summed E-state index contributed by atoms with van der Waals surface area (Å²) in [6.45, 7) is 0.235. The van der Waals surface area contributed by atoms with Crippen molar-refractivity contribution in [3.63, 3.8) is 0 Å². The van der Waals surface area contributed by atoms with Crippen LogP contribution in [0, 0.1) is 0 Å². The second-order valence-corrected chi connectivity index (χ2v) is 7.69. The monoisotopic (exact) mass is 434 g/mol. The number of halogens is 1. The fraction of sp³-hybridized carbons (Fsp3) is 0.167. The van der Waals surface area contributed by atoms with Gasteiger partial charge in [0.25, 0.3) is 0 Å². The van der Waals surface area contributed by atoms with Crippen LogP contribution >= 0.6 is 11.6 Å². The van der Waals surface area contributed by atoms with Gasteiger partial charge in [0.1, 0.15) is 29.8 Å². The molecule has 3 aromatic carbocycles. The summed E-state index contributed by atoms with van der Waals surface area (Å²) in [5.74, 6) is 0.860. The molecule has 7 heteroatoms. The van der Waals surface area contributed by atoms with E-state index in [-0.39, 0.29) is 19.2 Å². The predicted octanol–water partition coefficient (Wildman–Crippen LogP) is 4.66. The maximum Gasteiger partial charge on any atom is 0.318 e. The molecule has 0 saturated carbocycles. The van der Waals surface area contributed by atoms with Crippen molar-refractivity contribution in [3.05, 3.63) is 88.7 Å². The minimum atomic E-state index is -0.591. The molecule has 1 N–H and O–H groups in total. The Balaban J connectivity index is 1.46. The highest BCUT2D eigenvalue weighted by molar-refractivity contribution is 6.31. The summed E-state index contributed by atoms with van der Waals surface area (Å²) in [5, 5.41) is 10.1. The average Bonchev–Trinajstić information content (AvgIpc) is 3.12. The average molecular weight is 435 g/mol. The van der Waals surface area contributed by atoms with E-state index < -0.39 is 5.92 Å². The first-order valence-corrected chi connectivity index (χ1v) is 10.3. The Bertz CT molecular complexity index is 1240. The molecule has 0 spiro atoms. The van der Waals surface area contributed by atoms with E-state index in [4.69, 9.17) is 21.1 Å². The number of esters is 1. The van der Waals surface area contributed by atoms with E-state index >= 15 is 0 Å². The van der Waals surface area contributed by atoms with E-state index in [9.17, 15) is 9.90 Å². The third-order valence-electron chi connectivity index (χ3n) is 5.37. The summed E-state index contributed by atoms with van der Waals surface area (Å²) in [6, 6.07) is 20.3. The molecule has 2 heterocycles. The molecular formula is C24H19ClN2O4. The van der Waals surface area contributed by atoms with Gasteiger partial charge < -0.3 is 19.1 Å². The predicted molar refractivity (Wildman–Crippen MR) is 116 cm³/mol. The van der Waals surface area contributed by atoms with E-state index in [1.807, 2.05) is 59.2 Å². The van der Waals surface area contributed by atoms with Crippen molar-refractivity contribution in [2.24, 2.45) is 0 Å². The fourth-order valence-corrected chi connectivity index (χ4v) is 4.15. The number of fused-ring (bicyclic) bond motifs is 3. The van der Waals surface area contributed by atoms with Gasteiger partial charge in [0.15, 0.2) is 0 Å². The molecule has 0 aliphatic carbocycles. The summed E-state index contributed by atoms with van der Waals surface area (Å²) in [4.78, 5) is 17.8. The van der Waals surface area contributed by atoms with Crippen molar-refractivity contribution < 1.29 is 19.4 Å². The molecule has 31 heavy (non-hydrogen) atoms. The summed E-state index contributed by atoms with van der Waals surface area (Å²) in [7, 11) is 0. The van der Waals surface area contributed by atoms with Crippen LogP contribution in [0.1, 0.15) is 22.9 Å². The van der Waals surface area contributed by atoms with Crippen molar-refractivity contribution in [2.45, 2.75) is 19.1 Å². The number of aliphatic hydroxyl groups is 1. The Morgan fingerprint density at radius 1 is 1.06 bits per heavy atom. The van der Waals surface area contributed by atoms with Crippen LogP contribution in [0.2, 0.25) is 5.02 Å². The van der Waals surface area contributed by atoms with Gasteiger partial charge in [0.2, 0.25) is 0 Å². The second kappa shape index (κ2) is 8.06. The Labute approximate surface area is 183 Å². The first kappa shape index (κ1) is 19.6. The van der Waals surface area contributed by atoms with Gasteiger partial charge in [0.05, 0.1) is 17.6 Å². The molecule has 1 aliphatic heterocycles. The Morgan fingerprint density at radius 3 is 2.42 bits per heavy atom. The number of para-hydroxylation sites is 2. The zero-order valence-electron chi connectivity index (χ0n) is 16.5. The maximum atomic E-state index is 13.3. The van der Waals surface area contributed by atoms with Gasteiger partial charge in [-0.3, -0.25) is 4.79 Å². The molecule has 0 amide bonds. The number of nitrogens with zero attached hydrogens (tertiary/aromatic N) is 2. The number of rotatable bonds is 5. The fourth-order valence-electron chi connectivity index (χ4n) is 3.99. The number of benzene rings is 3. The van der Waals surface area contributed by atoms with Gasteiger partial charge in [-0.25, -0.2) is 4.98 Å². The van der Waals surface area contributed by atoms with Gasteiger partial charge in [-0.2, -0.15) is 0 Å². The number of hydrogen-bond donors (Lipinski definition) is 1. The van der Waals surface area contributed by atoms with E-state index in [0.717, 1.165) is 22.2 Å². The summed E-state index contributed by atoms with van der Waals surface area (Å²) >= 11 is 6.12. The molecule has 5 rings (SSSR count). The van der Waals surface area contributed by atoms with Gasteiger partial charge in [0, 0.05) is 22.7 Å². The van der Waals surface area contributed by atoms with Crippen molar-refractivity contribution in [1.82, 2.24) is 9.55 Å². The number of carbonyl (C=O) groups is 1. The number of carbonyl (C=O) groups excluding carboxylic acids is 1. The second-order valence-electron chi connectivity index (χ2n) is 7.25. The number of hydrogen-bond acceptors (Lipinski definition) is 5. The minimum absolute atomic E-state index is 0.0210. The van der Waals surface area contributed by atoms with Gasteiger partial charge >= 0.3 is 5.97 Å². The number of aromatic nitrogens is 2. The number of imidazole rings is 1. The van der Waals surface area contributed by atoms with E-state index in [2.05, 4.69) is 4.98 Å². The molecule has 0 bridgehead atoms. The lowest BCUT2D eigenvalue weighted by atomic mass is 9.88. The molecule has 1 aromatic heterocycles. The van der Waals surface area contributed by atoms with Gasteiger partial charge in [-0.15, -0.1) is 0 Å². The van der Waals surface area contributed by atoms with Gasteiger partial charge in [-0.1, -0.05) is 48.0 Å². The molecule has 1 aliphatic rings. The highest BCUT2D eigenvalue weighted by atomic mass is 35.5. The molecule has 0 atom stereocenters. The van der Waals surface area contributed by atoms with Crippen molar-refractivity contribution in [2.75, 3.05) is 6.61 Å². The lowest BCUT2D eigenvalue weighted by molar-refractivity contribution is -0.146. The smallest absolute Gasteiger partial charge is 0.318 e. The molecule has 6 nitrogen and oxygen atoms in total. The molecule has 0 unspecified atom stereocenters. The summed E-state index contributed by atoms with van der Waals surface area (Å²) < 4.78 is 13.5. The standard InChI is InChI=1S/C24H19ClN2O4/c25-15-9-10-18-19(13-15)27(11-12-28)22(26-18)14-30-24(29)23-16-5-1-3-7-20(16)31-21-8-4-2-6-17(21)23/h1-10,13,23,28H,11-12,14H2. The molecule has 0 saturated heterocycles. The highest BCUT2D eigenvalue weighted by Gasteiger charge is 2.33. The van der Waals surface area contributed by atoms with Crippen LogP contribution in [-0.4, -0.2) is 27.2 Å². The lowest BCUT2D eigenvalue weighted by Crippen LogP contribution is -2.22. The molecule has 156 valence electrons. The van der Waals surface area contributed by atoms with E-state index in [1.54, 1.807) is 12.1 Å². The quantitative estimate of drug-likeness (QED) is 0.462. The number of aliphatic hydroxyl groups excluding tert-OH is 1. The molecule has 4 aromatic rings. The van der Waals surface area contributed by atoms with Crippen molar-refractivity contribution in [3.8, 4) is 11.5 Å². The molecule has 0 radical (unpaired) electrons. The maximum absolute atomic E-state index is 13.3. The first-order chi connectivity index (χ1) is 15.2. The zero-order valence-corrected chi connectivity index (χ0v) is 17.2. The Hall–Kier alpha value is -3.35. The topological polar surface area (TPSA) is 73.6 Å². The molecular weight excluding hydrogens is 416 g/mol. The Morgan fingerprint density at radius 2 is 1.74 bits per heavy atom. The summed E-state index contributed by atoms with van der Waals surface area (Å²) in [5.41, 5.74) is 3.05. The van der Waals surface area contributed by atoms with E-state index in [0.29, 0.717) is 28.9 Å². The van der Waals surface area contributed by atoms with E-state index in [1.165, 1.54) is 0 Å². The van der Waals surface area contributed by atoms with Gasteiger partial charge in [-0.05, 0) is 30.3 Å². The SMILES string of the molecule is O=C(OCc1nc2ccc(Cl)cc2n1CCO)C1c2ccccc2Oc2ccccc21. The van der Waals surface area contributed by atoms with Crippen LogP contribution in [-0.2, 0) is 22.7 Å². The van der Waals surface area contributed by atoms with Crippen LogP contribution in [0.4, 0.5) is 0 Å². The normalized spacial score (nSPS) is 12.8. The van der Waals surface area contributed by atoms with Crippen LogP contribution in [0.25, 0.3) is 11.0 Å². The van der Waals surface area contributed by atoms with Crippen LogP contribution in [0.3, 0.4) is 0 Å². The zero-order chi connectivity index (χ0) is 21.4. The lowest BCUT2D eigenvalue weighted by Gasteiger charge is -2.26. The third kappa shape index (κ3) is 3.54. The summed E-state index contributed by atoms with van der Waals surface area (Å²) in [6.07, 6.45) is 0.